The van der Waals surface area contributed by atoms with Crippen LogP contribution < -0.4 is 2.89 Å². The Balaban J connectivity index is 1.85. The van der Waals surface area contributed by atoms with Gasteiger partial charge in [-0.25, -0.2) is 0 Å². The van der Waals surface area contributed by atoms with E-state index >= 15 is 0 Å². The molecule has 0 saturated carbocycles. The summed E-state index contributed by atoms with van der Waals surface area (Å²) in [5, 5.41) is 0. The Morgan fingerprint density at radius 2 is 1.22 bits per heavy atom. The van der Waals surface area contributed by atoms with Crippen molar-refractivity contribution in [2.75, 3.05) is 0 Å². The van der Waals surface area contributed by atoms with Crippen molar-refractivity contribution >= 4 is 32.6 Å². The van der Waals surface area contributed by atoms with Crippen LogP contribution in [0.2, 0.25) is 14.8 Å². The van der Waals surface area contributed by atoms with Crippen molar-refractivity contribution in [3.63, 3.8) is 0 Å². The van der Waals surface area contributed by atoms with Crippen LogP contribution in [0.1, 0.15) is 115 Å². The number of benzene rings is 1. The standard InChI is InChI=1S/C27H39S.3CH3.Sn/c1-3-5-7-9-11-15-20-27(21-16-12-10-8-6-4-2)24-18-14-13-17-23(24)26-25(27)19-22-28-26;;;;/h13-14,17-19H,3-12,15-16,20-21H2,1-2H3;3*1H3;. The number of thiophene rings is 1. The fourth-order valence-corrected chi connectivity index (χ4v) is 12.1. The second-order valence-corrected chi connectivity index (χ2v) is 27.7. The molecule has 1 aromatic heterocycles. The van der Waals surface area contributed by atoms with Crippen LogP contribution >= 0.6 is 11.3 Å². The Bertz CT molecular complexity index is 810. The number of hydrogen-bond donors (Lipinski definition) is 0. The molecule has 0 amide bonds. The van der Waals surface area contributed by atoms with E-state index in [4.69, 9.17) is 0 Å². The first-order valence-electron chi connectivity index (χ1n) is 13.7. The number of unbranched alkanes of at least 4 members (excludes halogenated alkanes) is 10. The van der Waals surface area contributed by atoms with Crippen LogP contribution in [-0.4, -0.2) is 18.4 Å². The van der Waals surface area contributed by atoms with Crippen LogP contribution in [-0.2, 0) is 5.41 Å². The van der Waals surface area contributed by atoms with E-state index < -0.39 is 18.4 Å². The van der Waals surface area contributed by atoms with E-state index in [0.29, 0.717) is 0 Å². The molecule has 0 aliphatic heterocycles. The van der Waals surface area contributed by atoms with E-state index in [0.717, 1.165) is 0 Å². The van der Waals surface area contributed by atoms with Gasteiger partial charge in [-0.15, -0.1) is 0 Å². The molecule has 1 heterocycles. The van der Waals surface area contributed by atoms with E-state index in [1.165, 1.54) is 89.9 Å². The van der Waals surface area contributed by atoms with Crippen molar-refractivity contribution < 1.29 is 0 Å². The van der Waals surface area contributed by atoms with Gasteiger partial charge in [0, 0.05) is 0 Å². The second-order valence-electron chi connectivity index (χ2n) is 11.3. The fourth-order valence-electron chi connectivity index (χ4n) is 5.64. The molecule has 0 saturated heterocycles. The molecule has 1 aromatic carbocycles. The first-order valence-corrected chi connectivity index (χ1v) is 24.5. The third-order valence-electron chi connectivity index (χ3n) is 7.59. The van der Waals surface area contributed by atoms with Crippen LogP contribution in [0.15, 0.2) is 30.3 Å². The van der Waals surface area contributed by atoms with E-state index in [1.807, 2.05) is 0 Å². The molecule has 3 rings (SSSR count). The van der Waals surface area contributed by atoms with Crippen molar-refractivity contribution in [3.8, 4) is 10.4 Å². The van der Waals surface area contributed by atoms with Gasteiger partial charge in [-0.1, -0.05) is 0 Å². The molecule has 1 aliphatic rings. The molecule has 0 bridgehead atoms. The van der Waals surface area contributed by atoms with Gasteiger partial charge in [-0.3, -0.25) is 0 Å². The molecular weight excluding hydrogens is 511 g/mol. The van der Waals surface area contributed by atoms with Gasteiger partial charge in [0.05, 0.1) is 0 Å². The Labute approximate surface area is 207 Å². The molecule has 0 unspecified atom stereocenters. The summed E-state index contributed by atoms with van der Waals surface area (Å²) in [7, 11) is 0. The number of rotatable bonds is 15. The summed E-state index contributed by atoms with van der Waals surface area (Å²) in [6.07, 6.45) is 19.5. The summed E-state index contributed by atoms with van der Waals surface area (Å²) in [6.45, 7) is 4.64. The predicted octanol–water partition coefficient (Wildman–Crippen LogP) is 10.1. The van der Waals surface area contributed by atoms with Gasteiger partial charge in [-0.05, 0) is 0 Å². The molecule has 0 radical (unpaired) electrons. The minimum absolute atomic E-state index is 0.285. The molecule has 0 spiro atoms. The molecule has 178 valence electrons. The number of hydrogen-bond acceptors (Lipinski definition) is 1. The van der Waals surface area contributed by atoms with Gasteiger partial charge < -0.3 is 0 Å². The van der Waals surface area contributed by atoms with Gasteiger partial charge >= 0.3 is 208 Å². The van der Waals surface area contributed by atoms with Gasteiger partial charge in [0.25, 0.3) is 0 Å². The molecule has 1 aliphatic carbocycles. The summed E-state index contributed by atoms with van der Waals surface area (Å²) in [5.41, 5.74) is 5.26. The SMILES string of the molecule is CCCCCCCCC1(CCCCCCCC)c2ccccc2-c2s[c]([Sn]([CH3])([CH3])[CH3])cc21. The number of fused-ring (bicyclic) bond motifs is 3. The molecule has 0 nitrogen and oxygen atoms in total. The second kappa shape index (κ2) is 12.4. The van der Waals surface area contributed by atoms with Crippen LogP contribution in [0.4, 0.5) is 0 Å². The van der Waals surface area contributed by atoms with E-state index in [-0.39, 0.29) is 5.41 Å². The van der Waals surface area contributed by atoms with Crippen LogP contribution in [0.5, 0.6) is 0 Å². The summed E-state index contributed by atoms with van der Waals surface area (Å²) in [6, 6.07) is 12.2. The van der Waals surface area contributed by atoms with Crippen LogP contribution in [0, 0.1) is 0 Å². The summed E-state index contributed by atoms with van der Waals surface area (Å²) in [5.74, 6) is 0. The normalized spacial score (nSPS) is 14.5. The van der Waals surface area contributed by atoms with Crippen molar-refractivity contribution in [3.05, 3.63) is 41.5 Å². The molecule has 2 aromatic rings. The van der Waals surface area contributed by atoms with Gasteiger partial charge in [-0.2, -0.15) is 0 Å². The van der Waals surface area contributed by atoms with Gasteiger partial charge in [0.15, 0.2) is 0 Å². The van der Waals surface area contributed by atoms with Crippen molar-refractivity contribution in [2.45, 2.75) is 124 Å². The minimum atomic E-state index is -2.08. The molecule has 2 heteroatoms. The Kier molecular flexibility index (Phi) is 10.2. The molecule has 0 N–H and O–H groups in total. The van der Waals surface area contributed by atoms with Gasteiger partial charge in [0.2, 0.25) is 0 Å². The first kappa shape index (κ1) is 26.3. The zero-order valence-electron chi connectivity index (χ0n) is 21.7. The molecule has 32 heavy (non-hydrogen) atoms. The molecule has 0 fully saturated rings. The van der Waals surface area contributed by atoms with E-state index in [2.05, 4.69) is 70.3 Å². The maximum absolute atomic E-state index is 2.71. The Hall–Kier alpha value is -0.281. The third kappa shape index (κ3) is 6.23. The Morgan fingerprint density at radius 1 is 0.688 bits per heavy atom. The summed E-state index contributed by atoms with van der Waals surface area (Å²) < 4.78 is 1.77. The van der Waals surface area contributed by atoms with Crippen LogP contribution in [0.25, 0.3) is 10.4 Å². The van der Waals surface area contributed by atoms with E-state index in [9.17, 15) is 0 Å². The molecule has 0 atom stereocenters. The average molecular weight is 559 g/mol. The first-order chi connectivity index (χ1) is 15.4. The monoisotopic (exact) mass is 560 g/mol. The maximum atomic E-state index is 2.71. The summed E-state index contributed by atoms with van der Waals surface area (Å²) >= 11 is 0.0868. The zero-order valence-corrected chi connectivity index (χ0v) is 25.4. The predicted molar refractivity (Wildman–Crippen MR) is 150 cm³/mol. The topological polar surface area (TPSA) is 0 Å². The summed E-state index contributed by atoms with van der Waals surface area (Å²) in [4.78, 5) is 9.40. The van der Waals surface area contributed by atoms with Crippen molar-refractivity contribution in [2.24, 2.45) is 0 Å². The van der Waals surface area contributed by atoms with Crippen molar-refractivity contribution in [1.82, 2.24) is 0 Å². The Morgan fingerprint density at radius 3 is 1.78 bits per heavy atom. The van der Waals surface area contributed by atoms with Crippen molar-refractivity contribution in [1.29, 1.82) is 0 Å². The van der Waals surface area contributed by atoms with Gasteiger partial charge in [0.1, 0.15) is 0 Å². The van der Waals surface area contributed by atoms with Crippen LogP contribution in [0.3, 0.4) is 0 Å². The molecular formula is C30H48SSn. The quantitative estimate of drug-likeness (QED) is 0.151. The fraction of sp³-hybridized carbons (Fsp3) is 0.667. The average Bonchev–Trinajstić information content (AvgIpc) is 3.32. The zero-order chi connectivity index (χ0) is 23.0. The third-order valence-corrected chi connectivity index (χ3v) is 18.2. The van der Waals surface area contributed by atoms with E-state index in [1.54, 1.807) is 24.5 Å².